The summed E-state index contributed by atoms with van der Waals surface area (Å²) in [6.07, 6.45) is 5.77. The summed E-state index contributed by atoms with van der Waals surface area (Å²) in [4.78, 5) is 17.4. The van der Waals surface area contributed by atoms with Crippen LogP contribution in [0.1, 0.15) is 49.4 Å². The summed E-state index contributed by atoms with van der Waals surface area (Å²) in [7, 11) is 0. The van der Waals surface area contributed by atoms with Crippen molar-refractivity contribution in [1.29, 1.82) is 0 Å². The molecule has 0 N–H and O–H groups in total. The van der Waals surface area contributed by atoms with Crippen molar-refractivity contribution in [2.24, 2.45) is 5.92 Å². The van der Waals surface area contributed by atoms with Crippen LogP contribution >= 0.6 is 0 Å². The number of hydrogen-bond acceptors (Lipinski definition) is 3. The summed E-state index contributed by atoms with van der Waals surface area (Å²) in [5, 5.41) is 0. The third-order valence-electron chi connectivity index (χ3n) is 5.86. The Morgan fingerprint density at radius 2 is 1.88 bits per heavy atom. The number of amides is 1. The van der Waals surface area contributed by atoms with Crippen molar-refractivity contribution >= 4 is 11.6 Å². The summed E-state index contributed by atoms with van der Waals surface area (Å²) < 4.78 is 19.6. The highest BCUT2D eigenvalue weighted by atomic mass is 19.1. The molecule has 1 aromatic rings. The van der Waals surface area contributed by atoms with Gasteiger partial charge in [0.2, 0.25) is 0 Å². The maximum atomic E-state index is 14.2. The van der Waals surface area contributed by atoms with Crippen LogP contribution in [-0.2, 0) is 4.74 Å². The number of carbonyl (C=O) groups is 1. The molecule has 1 amide bonds. The summed E-state index contributed by atoms with van der Waals surface area (Å²) in [6.45, 7) is 4.90. The van der Waals surface area contributed by atoms with Crippen LogP contribution in [0.4, 0.5) is 10.1 Å². The number of carbonyl (C=O) groups excluding carboxylic acids is 1. The molecule has 1 aromatic carbocycles. The maximum Gasteiger partial charge on any atom is 0.254 e. The normalized spacial score (nSPS) is 27.4. The lowest BCUT2D eigenvalue weighted by Gasteiger charge is -2.41. The van der Waals surface area contributed by atoms with Gasteiger partial charge in [-0.15, -0.1) is 0 Å². The average Bonchev–Trinajstić information content (AvgIpc) is 3.46. The van der Waals surface area contributed by atoms with E-state index in [4.69, 9.17) is 4.74 Å². The number of hydrogen-bond donors (Lipinski definition) is 0. The highest BCUT2D eigenvalue weighted by Crippen LogP contribution is 2.41. The number of morpholine rings is 1. The van der Waals surface area contributed by atoms with E-state index in [1.165, 1.54) is 31.4 Å². The highest BCUT2D eigenvalue weighted by molar-refractivity contribution is 5.95. The van der Waals surface area contributed by atoms with Crippen molar-refractivity contribution in [1.82, 2.24) is 4.90 Å². The van der Waals surface area contributed by atoms with Gasteiger partial charge in [-0.3, -0.25) is 4.79 Å². The highest BCUT2D eigenvalue weighted by Gasteiger charge is 2.41. The zero-order valence-electron chi connectivity index (χ0n) is 14.9. The molecule has 5 heteroatoms. The zero-order chi connectivity index (χ0) is 17.4. The molecule has 0 unspecified atom stereocenters. The summed E-state index contributed by atoms with van der Waals surface area (Å²) in [5.41, 5.74) is 1.28. The van der Waals surface area contributed by atoms with Crippen LogP contribution in [-0.4, -0.2) is 49.2 Å². The molecule has 2 aliphatic heterocycles. The predicted molar refractivity (Wildman–Crippen MR) is 95.4 cm³/mol. The van der Waals surface area contributed by atoms with E-state index >= 15 is 0 Å². The van der Waals surface area contributed by atoms with Crippen LogP contribution in [0.25, 0.3) is 0 Å². The molecular weight excluding hydrogens is 319 g/mol. The molecule has 3 fully saturated rings. The first-order chi connectivity index (χ1) is 12.1. The van der Waals surface area contributed by atoms with Gasteiger partial charge in [0, 0.05) is 36.4 Å². The topological polar surface area (TPSA) is 32.8 Å². The molecule has 2 heterocycles. The molecule has 2 atom stereocenters. The van der Waals surface area contributed by atoms with Gasteiger partial charge in [-0.25, -0.2) is 4.39 Å². The molecule has 1 aliphatic carbocycles. The zero-order valence-corrected chi connectivity index (χ0v) is 14.9. The van der Waals surface area contributed by atoms with Gasteiger partial charge in [0.15, 0.2) is 0 Å². The van der Waals surface area contributed by atoms with Crippen LogP contribution in [0.15, 0.2) is 18.2 Å². The molecule has 2 saturated heterocycles. The monoisotopic (exact) mass is 346 g/mol. The molecule has 4 rings (SSSR count). The molecule has 136 valence electrons. The van der Waals surface area contributed by atoms with Crippen LogP contribution in [0.2, 0.25) is 0 Å². The largest absolute Gasteiger partial charge is 0.378 e. The average molecular weight is 346 g/mol. The van der Waals surface area contributed by atoms with Gasteiger partial charge in [0.25, 0.3) is 5.91 Å². The first-order valence-corrected chi connectivity index (χ1v) is 9.59. The third-order valence-corrected chi connectivity index (χ3v) is 5.86. The van der Waals surface area contributed by atoms with Gasteiger partial charge >= 0.3 is 0 Å². The maximum absolute atomic E-state index is 14.2. The van der Waals surface area contributed by atoms with E-state index in [9.17, 15) is 9.18 Å². The lowest BCUT2D eigenvalue weighted by atomic mass is 9.92. The van der Waals surface area contributed by atoms with E-state index in [2.05, 4.69) is 16.7 Å². The van der Waals surface area contributed by atoms with Gasteiger partial charge in [-0.2, -0.15) is 0 Å². The molecular formula is C20H27FN2O2. The third kappa shape index (κ3) is 3.52. The standard InChI is InChI=1S/C20H27FN2O2/c1-14-3-2-4-19(15-5-6-15)23(14)20(24)16-11-17(21)13-18(12-16)22-7-9-25-10-8-22/h11-15,19H,2-10H2,1H3/t14-,19-/m1/s1. The Kier molecular flexibility index (Phi) is 4.67. The van der Waals surface area contributed by atoms with E-state index in [1.807, 2.05) is 6.07 Å². The number of rotatable bonds is 3. The quantitative estimate of drug-likeness (QED) is 0.840. The van der Waals surface area contributed by atoms with Gasteiger partial charge in [0.05, 0.1) is 13.2 Å². The van der Waals surface area contributed by atoms with Crippen molar-refractivity contribution < 1.29 is 13.9 Å². The van der Waals surface area contributed by atoms with Gasteiger partial charge in [-0.1, -0.05) is 0 Å². The van der Waals surface area contributed by atoms with Crippen molar-refractivity contribution in [3.8, 4) is 0 Å². The van der Waals surface area contributed by atoms with Gasteiger partial charge in [-0.05, 0) is 63.1 Å². The molecule has 0 aromatic heterocycles. The van der Waals surface area contributed by atoms with Crippen molar-refractivity contribution in [3.05, 3.63) is 29.6 Å². The lowest BCUT2D eigenvalue weighted by Crippen LogP contribution is -2.50. The minimum atomic E-state index is -0.333. The van der Waals surface area contributed by atoms with Crippen molar-refractivity contribution in [3.63, 3.8) is 0 Å². The number of ether oxygens (including phenoxy) is 1. The second-order valence-electron chi connectivity index (χ2n) is 7.69. The molecule has 0 spiro atoms. The summed E-state index contributed by atoms with van der Waals surface area (Å²) in [5.74, 6) is 0.317. The van der Waals surface area contributed by atoms with Crippen LogP contribution in [0.3, 0.4) is 0 Å². The van der Waals surface area contributed by atoms with E-state index in [1.54, 1.807) is 0 Å². The summed E-state index contributed by atoms with van der Waals surface area (Å²) >= 11 is 0. The molecule has 1 saturated carbocycles. The summed E-state index contributed by atoms with van der Waals surface area (Å²) in [6, 6.07) is 5.37. The Bertz CT molecular complexity index is 641. The molecule has 0 bridgehead atoms. The Morgan fingerprint density at radius 1 is 1.12 bits per heavy atom. The second kappa shape index (κ2) is 6.94. The lowest BCUT2D eigenvalue weighted by molar-refractivity contribution is 0.0438. The fourth-order valence-electron chi connectivity index (χ4n) is 4.37. The van der Waals surface area contributed by atoms with E-state index < -0.39 is 0 Å². The number of likely N-dealkylation sites (tertiary alicyclic amines) is 1. The first-order valence-electron chi connectivity index (χ1n) is 9.59. The Hall–Kier alpha value is -1.62. The van der Waals surface area contributed by atoms with Gasteiger partial charge < -0.3 is 14.5 Å². The molecule has 0 radical (unpaired) electrons. The second-order valence-corrected chi connectivity index (χ2v) is 7.69. The van der Waals surface area contributed by atoms with Crippen molar-refractivity contribution in [2.75, 3.05) is 31.2 Å². The minimum absolute atomic E-state index is 0.00175. The van der Waals surface area contributed by atoms with Crippen molar-refractivity contribution in [2.45, 2.75) is 51.1 Å². The van der Waals surface area contributed by atoms with Gasteiger partial charge in [0.1, 0.15) is 5.82 Å². The van der Waals surface area contributed by atoms with E-state index in [0.29, 0.717) is 30.7 Å². The van der Waals surface area contributed by atoms with E-state index in [0.717, 1.165) is 31.6 Å². The fraction of sp³-hybridized carbons (Fsp3) is 0.650. The fourth-order valence-corrected chi connectivity index (χ4v) is 4.37. The van der Waals surface area contributed by atoms with Crippen LogP contribution in [0.5, 0.6) is 0 Å². The van der Waals surface area contributed by atoms with Crippen LogP contribution in [0, 0.1) is 11.7 Å². The number of anilines is 1. The van der Waals surface area contributed by atoms with E-state index in [-0.39, 0.29) is 17.8 Å². The Labute approximate surface area is 148 Å². The minimum Gasteiger partial charge on any atom is -0.378 e. The predicted octanol–water partition coefficient (Wildman–Crippen LogP) is 3.46. The Morgan fingerprint density at radius 3 is 2.60 bits per heavy atom. The first kappa shape index (κ1) is 16.8. The molecule has 25 heavy (non-hydrogen) atoms. The molecule has 4 nitrogen and oxygen atoms in total. The number of benzene rings is 1. The number of nitrogens with zero attached hydrogens (tertiary/aromatic N) is 2. The smallest absolute Gasteiger partial charge is 0.254 e. The number of halogens is 1. The molecule has 3 aliphatic rings. The Balaban J connectivity index is 1.61. The van der Waals surface area contributed by atoms with Crippen LogP contribution < -0.4 is 4.90 Å². The number of piperidine rings is 1. The SMILES string of the molecule is C[C@@H]1CCC[C@H](C2CC2)N1C(=O)c1cc(F)cc(N2CCOCC2)c1.